The van der Waals surface area contributed by atoms with Gasteiger partial charge in [-0.25, -0.2) is 9.78 Å². The largest absolute Gasteiger partial charge is 0.507 e. The number of benzene rings is 4. The second-order valence-corrected chi connectivity index (χ2v) is 9.41. The molecule has 0 atom stereocenters. The molecule has 0 spiro atoms. The number of phenols is 1. The van der Waals surface area contributed by atoms with Gasteiger partial charge in [0, 0.05) is 17.3 Å². The molecule has 5 rings (SSSR count). The van der Waals surface area contributed by atoms with Crippen molar-refractivity contribution in [1.82, 2.24) is 4.98 Å². The number of aliphatic imine (C=N–C) groups is 1. The molecule has 1 heterocycles. The molecule has 0 aliphatic rings. The highest BCUT2D eigenvalue weighted by Gasteiger charge is 2.13. The summed E-state index contributed by atoms with van der Waals surface area (Å²) in [6.45, 7) is 0. The Morgan fingerprint density at radius 1 is 0.971 bits per heavy atom. The van der Waals surface area contributed by atoms with Crippen molar-refractivity contribution in [1.29, 1.82) is 0 Å². The number of ether oxygens (including phenoxy) is 1. The number of para-hydroxylation sites is 1. The molecule has 0 fully saturated rings. The van der Waals surface area contributed by atoms with E-state index in [2.05, 4.69) is 9.98 Å². The van der Waals surface area contributed by atoms with Gasteiger partial charge in [-0.3, -0.25) is 4.99 Å². The van der Waals surface area contributed by atoms with Gasteiger partial charge in [-0.15, -0.1) is 11.3 Å². The molecule has 0 amide bonds. The van der Waals surface area contributed by atoms with E-state index in [1.807, 2.05) is 24.3 Å². The third-order valence-corrected chi connectivity index (χ3v) is 6.73. The van der Waals surface area contributed by atoms with Crippen LogP contribution in [0.2, 0.25) is 10.0 Å². The monoisotopic (exact) mass is 518 g/mol. The van der Waals surface area contributed by atoms with Crippen LogP contribution in [0, 0.1) is 0 Å². The molecule has 0 aliphatic carbocycles. The molecule has 172 valence electrons. The number of halogens is 2. The molecule has 0 bridgehead atoms. The van der Waals surface area contributed by atoms with Gasteiger partial charge in [-0.1, -0.05) is 47.5 Å². The van der Waals surface area contributed by atoms with Crippen LogP contribution in [0.1, 0.15) is 15.9 Å². The van der Waals surface area contributed by atoms with Crippen molar-refractivity contribution in [2.24, 2.45) is 4.99 Å². The van der Waals surface area contributed by atoms with Crippen LogP contribution in [0.3, 0.4) is 0 Å². The molecule has 35 heavy (non-hydrogen) atoms. The summed E-state index contributed by atoms with van der Waals surface area (Å²) in [6, 6.07) is 24.4. The van der Waals surface area contributed by atoms with Crippen molar-refractivity contribution in [2.45, 2.75) is 0 Å². The van der Waals surface area contributed by atoms with Crippen molar-refractivity contribution < 1.29 is 14.6 Å². The molecule has 0 radical (unpaired) electrons. The molecule has 5 aromatic rings. The van der Waals surface area contributed by atoms with Gasteiger partial charge in [0.1, 0.15) is 10.8 Å². The van der Waals surface area contributed by atoms with Crippen molar-refractivity contribution in [2.75, 3.05) is 0 Å². The van der Waals surface area contributed by atoms with Crippen molar-refractivity contribution in [3.63, 3.8) is 0 Å². The maximum atomic E-state index is 12.5. The maximum absolute atomic E-state index is 12.5. The number of carbonyl (C=O) groups is 1. The Morgan fingerprint density at radius 3 is 2.57 bits per heavy atom. The Bertz CT molecular complexity index is 1550. The number of aromatic nitrogens is 1. The Labute approximate surface area is 214 Å². The SMILES string of the molecule is O=C(Oc1cc(Cl)ccc1Cl)c1ccc(C=Nc2ccc(O)c(-c3nc4ccccc4s3)c2)cc1. The van der Waals surface area contributed by atoms with Crippen LogP contribution in [-0.4, -0.2) is 22.3 Å². The van der Waals surface area contributed by atoms with Crippen LogP contribution in [0.5, 0.6) is 11.5 Å². The summed E-state index contributed by atoms with van der Waals surface area (Å²) < 4.78 is 6.40. The van der Waals surface area contributed by atoms with E-state index in [4.69, 9.17) is 27.9 Å². The Morgan fingerprint density at radius 2 is 1.77 bits per heavy atom. The minimum atomic E-state index is -0.545. The number of fused-ring (bicyclic) bond motifs is 1. The fourth-order valence-corrected chi connectivity index (χ4v) is 4.64. The Kier molecular flexibility index (Phi) is 6.51. The summed E-state index contributed by atoms with van der Waals surface area (Å²) in [7, 11) is 0. The summed E-state index contributed by atoms with van der Waals surface area (Å²) in [5, 5.41) is 11.8. The fourth-order valence-electron chi connectivity index (χ4n) is 3.33. The Hall–Kier alpha value is -3.71. The molecule has 4 aromatic carbocycles. The van der Waals surface area contributed by atoms with E-state index >= 15 is 0 Å². The van der Waals surface area contributed by atoms with Crippen LogP contribution in [-0.2, 0) is 0 Å². The molecular weight excluding hydrogens is 503 g/mol. The van der Waals surface area contributed by atoms with Gasteiger partial charge in [-0.05, 0) is 60.2 Å². The predicted octanol–water partition coefficient (Wildman–Crippen LogP) is 7.95. The van der Waals surface area contributed by atoms with E-state index in [9.17, 15) is 9.90 Å². The zero-order valence-corrected chi connectivity index (χ0v) is 20.3. The van der Waals surface area contributed by atoms with Gasteiger partial charge in [0.2, 0.25) is 0 Å². The van der Waals surface area contributed by atoms with Crippen LogP contribution in [0.4, 0.5) is 5.69 Å². The third kappa shape index (κ3) is 5.20. The van der Waals surface area contributed by atoms with Gasteiger partial charge in [0.05, 0.1) is 32.1 Å². The molecule has 0 unspecified atom stereocenters. The lowest BCUT2D eigenvalue weighted by Crippen LogP contribution is -2.08. The van der Waals surface area contributed by atoms with Gasteiger partial charge < -0.3 is 9.84 Å². The first-order chi connectivity index (χ1) is 17.0. The summed E-state index contributed by atoms with van der Waals surface area (Å²) in [5.41, 5.74) is 3.32. The second-order valence-electron chi connectivity index (χ2n) is 7.53. The van der Waals surface area contributed by atoms with Crippen LogP contribution >= 0.6 is 34.5 Å². The number of phenolic OH excluding ortho intramolecular Hbond substituents is 1. The van der Waals surface area contributed by atoms with Gasteiger partial charge in [-0.2, -0.15) is 0 Å². The first-order valence-electron chi connectivity index (χ1n) is 10.5. The van der Waals surface area contributed by atoms with E-state index in [0.29, 0.717) is 26.9 Å². The zero-order valence-electron chi connectivity index (χ0n) is 18.0. The lowest BCUT2D eigenvalue weighted by molar-refractivity contribution is 0.0735. The van der Waals surface area contributed by atoms with Crippen LogP contribution in [0.15, 0.2) is 89.9 Å². The standard InChI is InChI=1S/C27H16Cl2N2O3S/c28-18-9-11-21(29)24(13-18)34-27(33)17-7-5-16(6-8-17)15-30-19-10-12-23(32)20(14-19)26-31-22-3-1-2-4-25(22)35-26/h1-15,32H. The average molecular weight is 519 g/mol. The number of aromatic hydroxyl groups is 1. The normalized spacial score (nSPS) is 11.3. The van der Waals surface area contributed by atoms with Gasteiger partial charge >= 0.3 is 5.97 Å². The van der Waals surface area contributed by atoms with Gasteiger partial charge in [0.25, 0.3) is 0 Å². The number of hydrogen-bond donors (Lipinski definition) is 1. The molecule has 1 N–H and O–H groups in total. The molecular formula is C27H16Cl2N2O3S. The second kappa shape index (κ2) is 9.88. The highest BCUT2D eigenvalue weighted by atomic mass is 35.5. The minimum absolute atomic E-state index is 0.144. The van der Waals surface area contributed by atoms with E-state index in [1.54, 1.807) is 60.8 Å². The minimum Gasteiger partial charge on any atom is -0.507 e. The summed E-state index contributed by atoms with van der Waals surface area (Å²) in [6.07, 6.45) is 1.68. The molecule has 0 saturated carbocycles. The fraction of sp³-hybridized carbons (Fsp3) is 0. The predicted molar refractivity (Wildman–Crippen MR) is 142 cm³/mol. The number of carbonyl (C=O) groups excluding carboxylic acids is 1. The highest BCUT2D eigenvalue weighted by molar-refractivity contribution is 7.21. The van der Waals surface area contributed by atoms with E-state index in [-0.39, 0.29) is 11.5 Å². The first kappa shape index (κ1) is 23.1. The van der Waals surface area contributed by atoms with E-state index in [0.717, 1.165) is 20.8 Å². The number of hydrogen-bond acceptors (Lipinski definition) is 6. The number of thiazole rings is 1. The Balaban J connectivity index is 1.32. The zero-order chi connectivity index (χ0) is 24.4. The average Bonchev–Trinajstić information content (AvgIpc) is 3.30. The van der Waals surface area contributed by atoms with E-state index in [1.165, 1.54) is 17.4 Å². The highest BCUT2D eigenvalue weighted by Crippen LogP contribution is 2.37. The van der Waals surface area contributed by atoms with Crippen molar-refractivity contribution in [3.05, 3.63) is 106 Å². The van der Waals surface area contributed by atoms with Crippen molar-refractivity contribution >= 4 is 62.6 Å². The lowest BCUT2D eigenvalue weighted by Gasteiger charge is -2.07. The lowest BCUT2D eigenvalue weighted by atomic mass is 10.1. The summed E-state index contributed by atoms with van der Waals surface area (Å²) >= 11 is 13.5. The van der Waals surface area contributed by atoms with E-state index < -0.39 is 5.97 Å². The number of rotatable bonds is 5. The number of esters is 1. The summed E-state index contributed by atoms with van der Waals surface area (Å²) in [5.74, 6) is -0.201. The van der Waals surface area contributed by atoms with Crippen molar-refractivity contribution in [3.8, 4) is 22.1 Å². The molecule has 0 aliphatic heterocycles. The molecule has 8 heteroatoms. The topological polar surface area (TPSA) is 71.8 Å². The van der Waals surface area contributed by atoms with Gasteiger partial charge in [0.15, 0.2) is 5.75 Å². The van der Waals surface area contributed by atoms with Crippen LogP contribution in [0.25, 0.3) is 20.8 Å². The first-order valence-corrected chi connectivity index (χ1v) is 12.0. The van der Waals surface area contributed by atoms with Crippen LogP contribution < -0.4 is 4.74 Å². The molecule has 0 saturated heterocycles. The number of nitrogens with zero attached hydrogens (tertiary/aromatic N) is 2. The quantitative estimate of drug-likeness (QED) is 0.145. The summed E-state index contributed by atoms with van der Waals surface area (Å²) in [4.78, 5) is 21.6. The molecule has 5 nitrogen and oxygen atoms in total. The molecule has 1 aromatic heterocycles. The smallest absolute Gasteiger partial charge is 0.343 e. The third-order valence-electron chi connectivity index (χ3n) is 5.11. The maximum Gasteiger partial charge on any atom is 0.343 e.